The number of nitrogens with one attached hydrogen (secondary N) is 1. The summed E-state index contributed by atoms with van der Waals surface area (Å²) in [6.07, 6.45) is 1.56. The maximum atomic E-state index is 12.9. The second-order valence-corrected chi connectivity index (χ2v) is 9.29. The minimum Gasteiger partial charge on any atom is -0.491 e. The molecule has 0 aliphatic heterocycles. The van der Waals surface area contributed by atoms with E-state index in [0.717, 1.165) is 5.75 Å². The van der Waals surface area contributed by atoms with E-state index in [1.165, 1.54) is 16.9 Å². The van der Waals surface area contributed by atoms with Gasteiger partial charge in [0.05, 0.1) is 18.4 Å². The van der Waals surface area contributed by atoms with Gasteiger partial charge < -0.3 is 14.2 Å². The molecule has 6 nitrogen and oxygen atoms in total. The van der Waals surface area contributed by atoms with Crippen molar-refractivity contribution < 1.29 is 19.0 Å². The molecule has 0 spiro atoms. The predicted octanol–water partition coefficient (Wildman–Crippen LogP) is 6.89. The van der Waals surface area contributed by atoms with E-state index in [9.17, 15) is 4.79 Å². The number of benzene rings is 2. The lowest BCUT2D eigenvalue weighted by molar-refractivity contribution is 0.102. The Hall–Kier alpha value is -3.06. The standard InChI is InChI=1S/C25H30N2O4S/c1-15(2)18-8-7-9-20(10-18)31-23-14-26-25(32-23)27-24(28)19-11-21(29-16(3)4)13-22(12-19)30-17(5)6/h7-17H,1-6H3,(H,26,27,28). The van der Waals surface area contributed by atoms with E-state index in [4.69, 9.17) is 14.2 Å². The second kappa shape index (κ2) is 10.5. The summed E-state index contributed by atoms with van der Waals surface area (Å²) in [4.78, 5) is 17.2. The molecule has 170 valence electrons. The molecular weight excluding hydrogens is 424 g/mol. The van der Waals surface area contributed by atoms with Gasteiger partial charge in [0.1, 0.15) is 17.2 Å². The molecule has 1 N–H and O–H groups in total. The first kappa shape index (κ1) is 23.6. The quantitative estimate of drug-likeness (QED) is 0.381. The van der Waals surface area contributed by atoms with Crippen molar-refractivity contribution in [2.45, 2.75) is 59.7 Å². The number of nitrogens with zero attached hydrogens (tertiary/aromatic N) is 1. The summed E-state index contributed by atoms with van der Waals surface area (Å²) >= 11 is 1.27. The van der Waals surface area contributed by atoms with E-state index in [1.807, 2.05) is 45.9 Å². The van der Waals surface area contributed by atoms with Gasteiger partial charge in [-0.3, -0.25) is 10.1 Å². The summed E-state index contributed by atoms with van der Waals surface area (Å²) in [6.45, 7) is 12.0. The number of carbonyl (C=O) groups excluding carboxylic acids is 1. The molecule has 1 amide bonds. The number of carbonyl (C=O) groups is 1. The van der Waals surface area contributed by atoms with Crippen LogP contribution in [-0.4, -0.2) is 23.1 Å². The van der Waals surface area contributed by atoms with Gasteiger partial charge in [0.2, 0.25) is 5.06 Å². The van der Waals surface area contributed by atoms with Crippen LogP contribution in [0.1, 0.15) is 63.4 Å². The molecular formula is C25H30N2O4S. The third-order valence-corrected chi connectivity index (χ3v) is 5.12. The Morgan fingerprint density at radius 2 is 1.56 bits per heavy atom. The van der Waals surface area contributed by atoms with E-state index in [-0.39, 0.29) is 18.1 Å². The van der Waals surface area contributed by atoms with Crippen molar-refractivity contribution in [3.8, 4) is 22.3 Å². The van der Waals surface area contributed by atoms with E-state index in [1.54, 1.807) is 24.4 Å². The molecule has 0 atom stereocenters. The smallest absolute Gasteiger partial charge is 0.257 e. The average molecular weight is 455 g/mol. The number of rotatable bonds is 9. The fourth-order valence-corrected chi connectivity index (χ4v) is 3.65. The first-order valence-electron chi connectivity index (χ1n) is 10.7. The van der Waals surface area contributed by atoms with Crippen LogP contribution in [0.25, 0.3) is 0 Å². The second-order valence-electron chi connectivity index (χ2n) is 8.29. The Morgan fingerprint density at radius 3 is 2.16 bits per heavy atom. The fraction of sp³-hybridized carbons (Fsp3) is 0.360. The number of aromatic nitrogens is 1. The van der Waals surface area contributed by atoms with E-state index >= 15 is 0 Å². The zero-order valence-electron chi connectivity index (χ0n) is 19.3. The van der Waals surface area contributed by atoms with Crippen LogP contribution in [0.4, 0.5) is 5.13 Å². The van der Waals surface area contributed by atoms with Gasteiger partial charge in [-0.2, -0.15) is 0 Å². The highest BCUT2D eigenvalue weighted by Gasteiger charge is 2.15. The van der Waals surface area contributed by atoms with Crippen LogP contribution in [-0.2, 0) is 0 Å². The van der Waals surface area contributed by atoms with Gasteiger partial charge >= 0.3 is 0 Å². The summed E-state index contributed by atoms with van der Waals surface area (Å²) < 4.78 is 17.5. The van der Waals surface area contributed by atoms with Crippen molar-refractivity contribution in [2.75, 3.05) is 5.32 Å². The Kier molecular flexibility index (Phi) is 7.75. The van der Waals surface area contributed by atoms with Gasteiger partial charge in [-0.25, -0.2) is 4.98 Å². The molecule has 7 heteroatoms. The molecule has 1 aromatic heterocycles. The summed E-state index contributed by atoms with van der Waals surface area (Å²) in [7, 11) is 0. The molecule has 0 radical (unpaired) electrons. The topological polar surface area (TPSA) is 69.7 Å². The number of hydrogen-bond acceptors (Lipinski definition) is 6. The van der Waals surface area contributed by atoms with Gasteiger partial charge in [0.25, 0.3) is 5.91 Å². The minimum atomic E-state index is -0.296. The normalized spacial score (nSPS) is 11.2. The molecule has 3 aromatic rings. The Morgan fingerprint density at radius 1 is 0.906 bits per heavy atom. The van der Waals surface area contributed by atoms with Crippen LogP contribution in [0.2, 0.25) is 0 Å². The Bertz CT molecular complexity index is 1030. The summed E-state index contributed by atoms with van der Waals surface area (Å²) in [5, 5.41) is 3.88. The predicted molar refractivity (Wildman–Crippen MR) is 129 cm³/mol. The number of thiazole rings is 1. The van der Waals surface area contributed by atoms with Crippen molar-refractivity contribution >= 4 is 22.4 Å². The fourth-order valence-electron chi connectivity index (χ4n) is 2.97. The molecule has 1 heterocycles. The molecule has 3 rings (SSSR count). The molecule has 0 saturated heterocycles. The third-order valence-electron chi connectivity index (χ3n) is 4.33. The maximum Gasteiger partial charge on any atom is 0.257 e. The molecule has 0 aliphatic carbocycles. The first-order valence-corrected chi connectivity index (χ1v) is 11.5. The van der Waals surface area contributed by atoms with Gasteiger partial charge in [0.15, 0.2) is 5.13 Å². The first-order chi connectivity index (χ1) is 15.2. The minimum absolute atomic E-state index is 0.0203. The molecule has 0 aliphatic rings. The Balaban J connectivity index is 1.73. The molecule has 0 unspecified atom stereocenters. The lowest BCUT2D eigenvalue weighted by atomic mass is 10.0. The highest BCUT2D eigenvalue weighted by Crippen LogP contribution is 2.32. The average Bonchev–Trinajstić information content (AvgIpc) is 3.13. The van der Waals surface area contributed by atoms with Gasteiger partial charge in [-0.15, -0.1) is 0 Å². The number of ether oxygens (including phenoxy) is 3. The van der Waals surface area contributed by atoms with Crippen molar-refractivity contribution in [3.05, 3.63) is 59.8 Å². The highest BCUT2D eigenvalue weighted by molar-refractivity contribution is 7.17. The van der Waals surface area contributed by atoms with Crippen LogP contribution >= 0.6 is 11.3 Å². The van der Waals surface area contributed by atoms with Crippen molar-refractivity contribution in [1.29, 1.82) is 0 Å². The number of amides is 1. The van der Waals surface area contributed by atoms with Gasteiger partial charge in [-0.05, 0) is 63.4 Å². The molecule has 32 heavy (non-hydrogen) atoms. The van der Waals surface area contributed by atoms with Gasteiger partial charge in [0, 0.05) is 11.6 Å². The van der Waals surface area contributed by atoms with Crippen molar-refractivity contribution in [3.63, 3.8) is 0 Å². The van der Waals surface area contributed by atoms with Gasteiger partial charge in [-0.1, -0.05) is 37.3 Å². The lowest BCUT2D eigenvalue weighted by Gasteiger charge is -2.15. The number of hydrogen-bond donors (Lipinski definition) is 1. The van der Waals surface area contributed by atoms with Crippen LogP contribution < -0.4 is 19.5 Å². The molecule has 0 bridgehead atoms. The van der Waals surface area contributed by atoms with Crippen molar-refractivity contribution in [1.82, 2.24) is 4.98 Å². The zero-order valence-corrected chi connectivity index (χ0v) is 20.2. The lowest BCUT2D eigenvalue weighted by Crippen LogP contribution is -2.14. The SMILES string of the molecule is CC(C)Oc1cc(OC(C)C)cc(C(=O)Nc2ncc(Oc3cccc(C(C)C)c3)s2)c1. The van der Waals surface area contributed by atoms with E-state index in [2.05, 4.69) is 30.2 Å². The molecule has 2 aromatic carbocycles. The summed E-state index contributed by atoms with van der Waals surface area (Å²) in [6, 6.07) is 13.1. The van der Waals surface area contributed by atoms with Crippen LogP contribution in [0.5, 0.6) is 22.3 Å². The van der Waals surface area contributed by atoms with Crippen LogP contribution in [0.15, 0.2) is 48.7 Å². The van der Waals surface area contributed by atoms with E-state index < -0.39 is 0 Å². The van der Waals surface area contributed by atoms with Crippen molar-refractivity contribution in [2.24, 2.45) is 0 Å². The third kappa shape index (κ3) is 6.72. The van der Waals surface area contributed by atoms with Crippen LogP contribution in [0.3, 0.4) is 0 Å². The number of anilines is 1. The zero-order chi connectivity index (χ0) is 23.3. The monoisotopic (exact) mass is 454 g/mol. The molecule has 0 fully saturated rings. The summed E-state index contributed by atoms with van der Waals surface area (Å²) in [5.41, 5.74) is 1.63. The summed E-state index contributed by atoms with van der Waals surface area (Å²) in [5.74, 6) is 2.02. The molecule has 0 saturated carbocycles. The van der Waals surface area contributed by atoms with Crippen LogP contribution in [0, 0.1) is 0 Å². The maximum absolute atomic E-state index is 12.9. The highest BCUT2D eigenvalue weighted by atomic mass is 32.1. The van der Waals surface area contributed by atoms with E-state index in [0.29, 0.717) is 33.2 Å². The largest absolute Gasteiger partial charge is 0.491 e. The Labute approximate surface area is 193 Å².